The number of hydrogen-bond donors (Lipinski definition) is 5. The van der Waals surface area contributed by atoms with Crippen molar-refractivity contribution < 1.29 is 58.7 Å². The van der Waals surface area contributed by atoms with Gasteiger partial charge < -0.3 is 63.8 Å². The van der Waals surface area contributed by atoms with E-state index in [9.17, 15) is 30.3 Å². The number of benzene rings is 1. The quantitative estimate of drug-likeness (QED) is 0.0886. The highest BCUT2D eigenvalue weighted by Gasteiger charge is 2.55. The molecule has 3 saturated heterocycles. The normalized spacial score (nSPS) is 37.9. The summed E-state index contributed by atoms with van der Waals surface area (Å²) in [5.41, 5.74) is -0.164. The zero-order chi connectivity index (χ0) is 55.2. The summed E-state index contributed by atoms with van der Waals surface area (Å²) in [5.74, 6) is -2.50. The van der Waals surface area contributed by atoms with E-state index in [0.717, 1.165) is 42.6 Å². The first-order valence-corrected chi connectivity index (χ1v) is 27.4. The predicted octanol–water partition coefficient (Wildman–Crippen LogP) is 5.47. The predicted molar refractivity (Wildman–Crippen MR) is 285 cm³/mol. The Kier molecular flexibility index (Phi) is 20.9. The fourth-order valence-electron chi connectivity index (χ4n) is 12.4. The van der Waals surface area contributed by atoms with E-state index in [1.807, 2.05) is 82.8 Å². The molecule has 3 aromatic rings. The van der Waals surface area contributed by atoms with E-state index in [2.05, 4.69) is 44.5 Å². The fraction of sp³-hybridized carbons (Fsp3) is 0.754. The van der Waals surface area contributed by atoms with Gasteiger partial charge in [0.25, 0.3) is 0 Å². The van der Waals surface area contributed by atoms with E-state index < -0.39 is 95.6 Å². The van der Waals surface area contributed by atoms with Crippen molar-refractivity contribution in [1.82, 2.24) is 29.8 Å². The fourth-order valence-corrected chi connectivity index (χ4v) is 12.4. The minimum absolute atomic E-state index is 0.164. The number of cyclic esters (lactones) is 1. The number of unbranched alkanes of at least 4 members (excludes halogenated alkanes) is 1. The minimum Gasteiger partial charge on any atom is -0.481 e. The lowest BCUT2D eigenvalue weighted by Gasteiger charge is -2.51. The molecule has 18 nitrogen and oxygen atoms in total. The summed E-state index contributed by atoms with van der Waals surface area (Å²) in [6.45, 7) is 19.8. The van der Waals surface area contributed by atoms with Gasteiger partial charge in [0.05, 0.1) is 54.3 Å². The van der Waals surface area contributed by atoms with Crippen LogP contribution in [0.4, 0.5) is 0 Å². The van der Waals surface area contributed by atoms with E-state index in [-0.39, 0.29) is 37.3 Å². The molecule has 18 atom stereocenters. The van der Waals surface area contributed by atoms with Crippen molar-refractivity contribution in [3.05, 3.63) is 60.0 Å². The second-order valence-electron chi connectivity index (χ2n) is 23.2. The average molecular weight is 1050 g/mol. The number of ether oxygens (including phenoxy) is 6. The Morgan fingerprint density at radius 3 is 2.23 bits per heavy atom. The van der Waals surface area contributed by atoms with Crippen molar-refractivity contribution in [3.8, 4) is 17.0 Å². The van der Waals surface area contributed by atoms with Crippen molar-refractivity contribution in [2.45, 2.75) is 211 Å². The Morgan fingerprint density at radius 1 is 0.893 bits per heavy atom. The number of pyridine rings is 1. The van der Waals surface area contributed by atoms with Gasteiger partial charge in [-0.2, -0.15) is 0 Å². The summed E-state index contributed by atoms with van der Waals surface area (Å²) in [4.78, 5) is 23.0. The van der Waals surface area contributed by atoms with Crippen molar-refractivity contribution in [3.63, 3.8) is 0 Å². The molecule has 1 unspecified atom stereocenters. The SMILES string of the molecule is CC[C@H]1OC(=O)[C@H](C)C([C@H]2C[C@@](C)(OC)[C@@H](O)[C@H](C)O2)[C@H](C)[C@@H](O[C@@H]2O[C@H](C)C[C@H](N(C)CCc3cn(CCCCc4ccc(-c5ccc(OC)nc5)cc4)nn3)[C@H]2O)[C@](C)(O)C[C@@H](C)CN(C)[C@H](C)[C@@H](O)[C@]1(C)O. The molecule has 0 aliphatic carbocycles. The minimum atomic E-state index is -1.81. The molecular weight excluding hydrogens is 961 g/mol. The molecule has 422 valence electrons. The average Bonchev–Trinajstić information content (AvgIpc) is 3.84. The molecule has 0 saturated carbocycles. The highest BCUT2D eigenvalue weighted by molar-refractivity contribution is 5.73. The first-order valence-electron chi connectivity index (χ1n) is 27.4. The molecular formula is C57H92N6O12. The molecule has 3 fully saturated rings. The number of aryl methyl sites for hydroxylation is 2. The lowest BCUT2D eigenvalue weighted by atomic mass is 9.68. The number of nitrogens with zero attached hydrogens (tertiary/aromatic N) is 6. The third kappa shape index (κ3) is 14.5. The van der Waals surface area contributed by atoms with Crippen LogP contribution in [0.15, 0.2) is 48.8 Å². The van der Waals surface area contributed by atoms with Crippen LogP contribution in [0.1, 0.15) is 119 Å². The Balaban J connectivity index is 1.17. The largest absolute Gasteiger partial charge is 0.481 e. The van der Waals surface area contributed by atoms with Crippen LogP contribution in [0.25, 0.3) is 11.1 Å². The van der Waals surface area contributed by atoms with Gasteiger partial charge in [-0.25, -0.2) is 4.98 Å². The van der Waals surface area contributed by atoms with E-state index in [1.165, 1.54) is 12.5 Å². The summed E-state index contributed by atoms with van der Waals surface area (Å²) in [6, 6.07) is 11.5. The van der Waals surface area contributed by atoms with E-state index in [0.29, 0.717) is 31.8 Å². The van der Waals surface area contributed by atoms with Gasteiger partial charge in [0.2, 0.25) is 5.88 Å². The molecule has 0 radical (unpaired) electrons. The highest BCUT2D eigenvalue weighted by Crippen LogP contribution is 2.45. The lowest BCUT2D eigenvalue weighted by molar-refractivity contribution is -0.302. The topological polar surface area (TPSA) is 224 Å². The first-order chi connectivity index (χ1) is 35.3. The molecule has 0 amide bonds. The number of hydrogen-bond acceptors (Lipinski definition) is 17. The van der Waals surface area contributed by atoms with Crippen LogP contribution < -0.4 is 4.74 Å². The van der Waals surface area contributed by atoms with E-state index >= 15 is 0 Å². The zero-order valence-electron chi connectivity index (χ0n) is 47.3. The summed E-state index contributed by atoms with van der Waals surface area (Å²) in [6.07, 6.45) is 0.105. The molecule has 6 rings (SSSR count). The molecule has 0 spiro atoms. The molecule has 75 heavy (non-hydrogen) atoms. The van der Waals surface area contributed by atoms with Crippen LogP contribution in [-0.2, 0) is 47.9 Å². The van der Waals surface area contributed by atoms with Crippen LogP contribution >= 0.6 is 0 Å². The summed E-state index contributed by atoms with van der Waals surface area (Å²) in [5, 5.41) is 69.1. The highest BCUT2D eigenvalue weighted by atomic mass is 16.7. The molecule has 3 aliphatic rings. The van der Waals surface area contributed by atoms with Gasteiger partial charge >= 0.3 is 5.97 Å². The lowest BCUT2D eigenvalue weighted by Crippen LogP contribution is -2.62. The van der Waals surface area contributed by atoms with E-state index in [4.69, 9.17) is 28.4 Å². The summed E-state index contributed by atoms with van der Waals surface area (Å²) >= 11 is 0. The van der Waals surface area contributed by atoms with E-state index in [1.54, 1.807) is 41.9 Å². The molecule has 1 aromatic carbocycles. The van der Waals surface area contributed by atoms with Crippen LogP contribution in [0.3, 0.4) is 0 Å². The Labute approximate surface area is 446 Å². The van der Waals surface area contributed by atoms with Gasteiger partial charge in [-0.05, 0) is 123 Å². The van der Waals surface area contributed by atoms with Gasteiger partial charge in [0.1, 0.15) is 30.0 Å². The molecule has 2 aromatic heterocycles. The molecule has 18 heteroatoms. The number of methoxy groups -OCH3 is 2. The number of aromatic nitrogens is 4. The second kappa shape index (κ2) is 25.9. The molecule has 0 bridgehead atoms. The maximum absolute atomic E-state index is 14.6. The standard InChI is InChI=1S/C57H92N6O12/c1-15-46-57(10,69)50(65)38(6)62(12)32-34(2)29-55(8,68)52(36(4)48(37(5)53(67)74-46)45-30-56(9,71-14)51(66)39(7)73-45)75-54-49(64)44(28-35(3)72-54)61(11)27-25-43-33-63(60-59-43)26-17-16-18-40-19-21-41(22-20-40)42-23-24-47(70-13)58-31-42/h19-24,31,33-39,44-46,48-52,54,64-66,68-69H,15-18,25-30,32H2,1-14H3/t34-,35-,36+,37-,38-,39+,44+,45-,46-,48?,49-,50-,51+,52-,54+,55-,56-,57-/m1/s1. The summed E-state index contributed by atoms with van der Waals surface area (Å²) in [7, 11) is 6.98. The Bertz CT molecular complexity index is 2230. The Morgan fingerprint density at radius 2 is 1.59 bits per heavy atom. The van der Waals surface area contributed by atoms with Gasteiger partial charge in [0, 0.05) is 81.6 Å². The Hall–Kier alpha value is -3.66. The number of likely N-dealkylation sites (N-methyl/N-ethyl adjacent to an activating group) is 2. The maximum Gasteiger partial charge on any atom is 0.309 e. The zero-order valence-corrected chi connectivity index (χ0v) is 47.3. The maximum atomic E-state index is 14.6. The van der Waals surface area contributed by atoms with Crippen LogP contribution in [0, 0.1) is 23.7 Å². The van der Waals surface area contributed by atoms with Crippen molar-refractivity contribution in [2.75, 3.05) is 41.4 Å². The van der Waals surface area contributed by atoms with Gasteiger partial charge in [-0.1, -0.05) is 57.2 Å². The second-order valence-corrected chi connectivity index (χ2v) is 23.2. The molecule has 5 heterocycles. The van der Waals surface area contributed by atoms with Crippen LogP contribution in [0.2, 0.25) is 0 Å². The third-order valence-corrected chi connectivity index (χ3v) is 17.1. The van der Waals surface area contributed by atoms with Gasteiger partial charge in [-0.15, -0.1) is 5.10 Å². The molecule has 3 aliphatic heterocycles. The number of aliphatic hydroxyl groups excluding tert-OH is 3. The van der Waals surface area contributed by atoms with Crippen LogP contribution in [-0.4, -0.2) is 187 Å². The number of carbonyl (C=O) groups excluding carboxylic acids is 1. The summed E-state index contributed by atoms with van der Waals surface area (Å²) < 4.78 is 39.4. The van der Waals surface area contributed by atoms with Gasteiger partial charge in [-0.3, -0.25) is 9.48 Å². The monoisotopic (exact) mass is 1050 g/mol. The number of rotatable bonds is 16. The number of aliphatic hydroxyl groups is 5. The van der Waals surface area contributed by atoms with Gasteiger partial charge in [0.15, 0.2) is 6.29 Å². The van der Waals surface area contributed by atoms with Crippen molar-refractivity contribution in [1.29, 1.82) is 0 Å². The first kappa shape index (κ1) is 60.6. The number of carbonyl (C=O) groups is 1. The van der Waals surface area contributed by atoms with Crippen molar-refractivity contribution in [2.24, 2.45) is 23.7 Å². The third-order valence-electron chi connectivity index (χ3n) is 17.1. The molecule has 5 N–H and O–H groups in total. The number of esters is 1. The van der Waals surface area contributed by atoms with Crippen molar-refractivity contribution >= 4 is 5.97 Å². The van der Waals surface area contributed by atoms with Crippen LogP contribution in [0.5, 0.6) is 5.88 Å². The smallest absolute Gasteiger partial charge is 0.309 e.